The molecular weight excluding hydrogens is 454 g/mol. The monoisotopic (exact) mass is 477 g/mol. The molecule has 176 valence electrons. The van der Waals surface area contributed by atoms with E-state index in [9.17, 15) is 24.5 Å². The molecular formula is C21H23N3O8S. The Morgan fingerprint density at radius 2 is 1.73 bits per heavy atom. The number of amides is 3. The standard InChI is InChI=1S/C21H23N3O8S/c1-4-30-16-8-7-14(11-17(16)31-5-2)22-21(27)23-19(25)12-32-20(26)13-6-9-18(33-3)15(10-13)24(28)29/h6-11H,4-5,12H2,1-3H3,(H2,22,23,25,27). The van der Waals surface area contributed by atoms with Crippen LogP contribution >= 0.6 is 11.8 Å². The molecule has 0 spiro atoms. The number of thioether (sulfide) groups is 1. The molecule has 0 radical (unpaired) electrons. The Morgan fingerprint density at radius 1 is 1.03 bits per heavy atom. The summed E-state index contributed by atoms with van der Waals surface area (Å²) in [7, 11) is 0. The van der Waals surface area contributed by atoms with Crippen molar-refractivity contribution < 1.29 is 33.5 Å². The van der Waals surface area contributed by atoms with Crippen LogP contribution in [0, 0.1) is 10.1 Å². The number of hydrogen-bond donors (Lipinski definition) is 2. The number of ether oxygens (including phenoxy) is 3. The van der Waals surface area contributed by atoms with Crippen molar-refractivity contribution >= 4 is 41.0 Å². The van der Waals surface area contributed by atoms with Gasteiger partial charge in [0.25, 0.3) is 11.6 Å². The van der Waals surface area contributed by atoms with E-state index >= 15 is 0 Å². The molecule has 0 aliphatic heterocycles. The minimum Gasteiger partial charge on any atom is -0.490 e. The van der Waals surface area contributed by atoms with E-state index in [0.29, 0.717) is 35.3 Å². The number of nitro benzene ring substituents is 1. The predicted molar refractivity (Wildman–Crippen MR) is 121 cm³/mol. The third kappa shape index (κ3) is 7.38. The van der Waals surface area contributed by atoms with E-state index in [2.05, 4.69) is 5.32 Å². The number of carbonyl (C=O) groups is 3. The average Bonchev–Trinajstić information content (AvgIpc) is 2.78. The molecule has 0 saturated carbocycles. The molecule has 0 aliphatic carbocycles. The number of nitrogens with zero attached hydrogens (tertiary/aromatic N) is 1. The summed E-state index contributed by atoms with van der Waals surface area (Å²) in [4.78, 5) is 47.0. The lowest BCUT2D eigenvalue weighted by atomic mass is 10.2. The van der Waals surface area contributed by atoms with Crippen LogP contribution in [0.2, 0.25) is 0 Å². The van der Waals surface area contributed by atoms with E-state index in [-0.39, 0.29) is 11.3 Å². The molecule has 2 N–H and O–H groups in total. The number of anilines is 1. The number of rotatable bonds is 10. The van der Waals surface area contributed by atoms with Gasteiger partial charge in [-0.15, -0.1) is 11.8 Å². The number of imide groups is 1. The minimum absolute atomic E-state index is 0.0883. The van der Waals surface area contributed by atoms with Crippen molar-refractivity contribution in [2.75, 3.05) is 31.4 Å². The van der Waals surface area contributed by atoms with Gasteiger partial charge in [-0.3, -0.25) is 20.2 Å². The molecule has 3 amide bonds. The molecule has 0 bridgehead atoms. The number of carbonyl (C=O) groups excluding carboxylic acids is 3. The summed E-state index contributed by atoms with van der Waals surface area (Å²) in [5.41, 5.74) is 0.0162. The van der Waals surface area contributed by atoms with Gasteiger partial charge in [-0.05, 0) is 44.4 Å². The molecule has 0 aromatic heterocycles. The van der Waals surface area contributed by atoms with Crippen molar-refractivity contribution in [2.24, 2.45) is 0 Å². The van der Waals surface area contributed by atoms with Gasteiger partial charge in [-0.25, -0.2) is 9.59 Å². The average molecular weight is 477 g/mol. The zero-order chi connectivity index (χ0) is 24.4. The number of nitro groups is 1. The maximum atomic E-state index is 12.1. The highest BCUT2D eigenvalue weighted by molar-refractivity contribution is 7.98. The van der Waals surface area contributed by atoms with Crippen LogP contribution < -0.4 is 20.1 Å². The van der Waals surface area contributed by atoms with E-state index in [1.165, 1.54) is 12.1 Å². The van der Waals surface area contributed by atoms with E-state index in [4.69, 9.17) is 14.2 Å². The zero-order valence-corrected chi connectivity index (χ0v) is 19.0. The fourth-order valence-electron chi connectivity index (χ4n) is 2.63. The van der Waals surface area contributed by atoms with Gasteiger partial charge in [0.05, 0.1) is 28.6 Å². The van der Waals surface area contributed by atoms with Crippen LogP contribution in [0.15, 0.2) is 41.3 Å². The molecule has 0 saturated heterocycles. The van der Waals surface area contributed by atoms with Crippen molar-refractivity contribution in [3.05, 3.63) is 52.1 Å². The summed E-state index contributed by atoms with van der Waals surface area (Å²) in [6.45, 7) is 3.71. The van der Waals surface area contributed by atoms with Gasteiger partial charge in [0.1, 0.15) is 0 Å². The van der Waals surface area contributed by atoms with E-state index in [0.717, 1.165) is 17.8 Å². The molecule has 2 rings (SSSR count). The summed E-state index contributed by atoms with van der Waals surface area (Å²) < 4.78 is 15.8. The van der Waals surface area contributed by atoms with Gasteiger partial charge in [-0.2, -0.15) is 0 Å². The second kappa shape index (κ2) is 12.3. The van der Waals surface area contributed by atoms with E-state index in [1.807, 2.05) is 12.2 Å². The Hall–Kier alpha value is -3.80. The molecule has 0 unspecified atom stereocenters. The first kappa shape index (κ1) is 25.5. The highest BCUT2D eigenvalue weighted by Gasteiger charge is 2.19. The smallest absolute Gasteiger partial charge is 0.338 e. The molecule has 2 aromatic rings. The van der Waals surface area contributed by atoms with Crippen LogP contribution in [0.3, 0.4) is 0 Å². The van der Waals surface area contributed by atoms with Crippen LogP contribution in [0.5, 0.6) is 11.5 Å². The lowest BCUT2D eigenvalue weighted by Gasteiger charge is -2.13. The third-order valence-corrected chi connectivity index (χ3v) is 4.78. The first-order valence-electron chi connectivity index (χ1n) is 9.79. The second-order valence-electron chi connectivity index (χ2n) is 6.25. The molecule has 0 heterocycles. The summed E-state index contributed by atoms with van der Waals surface area (Å²) in [6.07, 6.45) is 1.67. The highest BCUT2D eigenvalue weighted by atomic mass is 32.2. The Bertz CT molecular complexity index is 1040. The van der Waals surface area contributed by atoms with E-state index in [1.54, 1.807) is 31.4 Å². The van der Waals surface area contributed by atoms with Gasteiger partial charge < -0.3 is 19.5 Å². The van der Waals surface area contributed by atoms with Gasteiger partial charge in [0.2, 0.25) is 0 Å². The first-order valence-corrected chi connectivity index (χ1v) is 11.0. The minimum atomic E-state index is -0.936. The SMILES string of the molecule is CCOc1ccc(NC(=O)NC(=O)COC(=O)c2ccc(SC)c([N+](=O)[O-])c2)cc1OCC. The van der Waals surface area contributed by atoms with Crippen molar-refractivity contribution in [1.82, 2.24) is 5.32 Å². The predicted octanol–water partition coefficient (Wildman–Crippen LogP) is 3.62. The van der Waals surface area contributed by atoms with Gasteiger partial charge in [-0.1, -0.05) is 0 Å². The number of nitrogens with one attached hydrogen (secondary N) is 2. The van der Waals surface area contributed by atoms with Gasteiger partial charge >= 0.3 is 12.0 Å². The normalized spacial score (nSPS) is 10.2. The molecule has 2 aromatic carbocycles. The van der Waals surface area contributed by atoms with Crippen LogP contribution in [-0.2, 0) is 9.53 Å². The largest absolute Gasteiger partial charge is 0.490 e. The highest BCUT2D eigenvalue weighted by Crippen LogP contribution is 2.31. The maximum absolute atomic E-state index is 12.1. The second-order valence-corrected chi connectivity index (χ2v) is 7.10. The number of urea groups is 1. The lowest BCUT2D eigenvalue weighted by molar-refractivity contribution is -0.387. The third-order valence-electron chi connectivity index (χ3n) is 4.00. The van der Waals surface area contributed by atoms with Gasteiger partial charge in [0.15, 0.2) is 18.1 Å². The molecule has 0 atom stereocenters. The molecule has 0 aliphatic rings. The lowest BCUT2D eigenvalue weighted by Crippen LogP contribution is -2.37. The van der Waals surface area contributed by atoms with Crippen LogP contribution in [-0.4, -0.2) is 48.9 Å². The Labute approximate surface area is 193 Å². The number of hydrogen-bond acceptors (Lipinski definition) is 9. The van der Waals surface area contributed by atoms with Crippen molar-refractivity contribution in [1.29, 1.82) is 0 Å². The summed E-state index contributed by atoms with van der Waals surface area (Å²) in [5.74, 6) is -0.876. The summed E-state index contributed by atoms with van der Waals surface area (Å²) >= 11 is 1.16. The number of esters is 1. The topological polar surface area (TPSA) is 146 Å². The summed E-state index contributed by atoms with van der Waals surface area (Å²) in [6, 6.07) is 7.73. The molecule has 12 heteroatoms. The van der Waals surface area contributed by atoms with Crippen LogP contribution in [0.25, 0.3) is 0 Å². The Morgan fingerprint density at radius 3 is 2.36 bits per heavy atom. The zero-order valence-electron chi connectivity index (χ0n) is 18.2. The molecule has 0 fully saturated rings. The van der Waals surface area contributed by atoms with Crippen LogP contribution in [0.4, 0.5) is 16.2 Å². The van der Waals surface area contributed by atoms with Crippen molar-refractivity contribution in [2.45, 2.75) is 18.7 Å². The van der Waals surface area contributed by atoms with E-state index < -0.39 is 29.4 Å². The van der Waals surface area contributed by atoms with Crippen molar-refractivity contribution in [3.8, 4) is 11.5 Å². The van der Waals surface area contributed by atoms with Crippen molar-refractivity contribution in [3.63, 3.8) is 0 Å². The number of benzene rings is 2. The Balaban J connectivity index is 1.92. The molecule has 33 heavy (non-hydrogen) atoms. The fourth-order valence-corrected chi connectivity index (χ4v) is 3.17. The fraction of sp³-hybridized carbons (Fsp3) is 0.286. The summed E-state index contributed by atoms with van der Waals surface area (Å²) in [5, 5.41) is 15.6. The molecule has 11 nitrogen and oxygen atoms in total. The maximum Gasteiger partial charge on any atom is 0.338 e. The van der Waals surface area contributed by atoms with Gasteiger partial charge in [0, 0.05) is 17.8 Å². The quantitative estimate of drug-likeness (QED) is 0.227. The van der Waals surface area contributed by atoms with Crippen LogP contribution in [0.1, 0.15) is 24.2 Å². The Kier molecular flexibility index (Phi) is 9.48. The first-order chi connectivity index (χ1) is 15.8.